The molecule has 0 atom stereocenters. The van der Waals surface area contributed by atoms with Gasteiger partial charge in [0, 0.05) is 5.56 Å². The molecule has 3 aromatic rings. The zero-order valence-electron chi connectivity index (χ0n) is 11.5. The van der Waals surface area contributed by atoms with E-state index in [4.69, 9.17) is 23.2 Å². The van der Waals surface area contributed by atoms with Crippen molar-refractivity contribution in [2.75, 3.05) is 5.32 Å². The van der Waals surface area contributed by atoms with Crippen LogP contribution in [-0.4, -0.2) is 26.5 Å². The van der Waals surface area contributed by atoms with E-state index in [1.807, 2.05) is 0 Å². The molecule has 23 heavy (non-hydrogen) atoms. The molecule has 3 rings (SSSR count). The number of benzene rings is 2. The molecule has 0 saturated heterocycles. The SMILES string of the molecule is O=C(O)c1ccccc1Nc1c(Cl)cc(-c2cn[nH]n2)cc1Cl. The second-order valence-electron chi connectivity index (χ2n) is 4.65. The molecule has 3 N–H and O–H groups in total. The molecule has 0 fully saturated rings. The fourth-order valence-electron chi connectivity index (χ4n) is 2.09. The van der Waals surface area contributed by atoms with E-state index in [0.29, 0.717) is 32.7 Å². The lowest BCUT2D eigenvalue weighted by molar-refractivity contribution is 0.0698. The predicted octanol–water partition coefficient (Wildman–Crippen LogP) is 4.22. The van der Waals surface area contributed by atoms with E-state index in [0.717, 1.165) is 0 Å². The number of aromatic carboxylic acids is 1. The highest BCUT2D eigenvalue weighted by molar-refractivity contribution is 6.39. The zero-order chi connectivity index (χ0) is 16.4. The number of rotatable bonds is 4. The van der Waals surface area contributed by atoms with Gasteiger partial charge in [-0.15, -0.1) is 0 Å². The Bertz CT molecular complexity index is 843. The number of carboxylic acid groups (broad SMARTS) is 1. The van der Waals surface area contributed by atoms with Crippen LogP contribution in [0.1, 0.15) is 10.4 Å². The third kappa shape index (κ3) is 3.13. The first-order valence-corrected chi connectivity index (χ1v) is 7.26. The maximum atomic E-state index is 11.3. The van der Waals surface area contributed by atoms with Crippen molar-refractivity contribution < 1.29 is 9.90 Å². The Hall–Kier alpha value is -2.57. The fourth-order valence-corrected chi connectivity index (χ4v) is 2.68. The van der Waals surface area contributed by atoms with E-state index < -0.39 is 5.97 Å². The number of carbonyl (C=O) groups is 1. The summed E-state index contributed by atoms with van der Waals surface area (Å²) in [5.41, 5.74) is 2.25. The van der Waals surface area contributed by atoms with Crippen LogP contribution in [0.15, 0.2) is 42.6 Å². The lowest BCUT2D eigenvalue weighted by Crippen LogP contribution is -2.03. The standard InChI is InChI=1S/C15H10Cl2N4O2/c16-10-5-8(13-7-18-21-20-13)6-11(17)14(10)19-12-4-2-1-3-9(12)15(22)23/h1-7,19H,(H,22,23)(H,18,20,21). The Kier molecular flexibility index (Phi) is 4.18. The molecule has 116 valence electrons. The van der Waals surface area contributed by atoms with Crippen molar-refractivity contribution in [2.24, 2.45) is 0 Å². The molecule has 0 aliphatic carbocycles. The maximum Gasteiger partial charge on any atom is 0.337 e. The van der Waals surface area contributed by atoms with Crippen LogP contribution in [0.5, 0.6) is 0 Å². The molecule has 1 heterocycles. The van der Waals surface area contributed by atoms with Crippen LogP contribution in [0.2, 0.25) is 10.0 Å². The number of H-pyrrole nitrogens is 1. The van der Waals surface area contributed by atoms with Gasteiger partial charge in [0.25, 0.3) is 0 Å². The van der Waals surface area contributed by atoms with Crippen molar-refractivity contribution in [3.63, 3.8) is 0 Å². The van der Waals surface area contributed by atoms with E-state index in [9.17, 15) is 9.90 Å². The van der Waals surface area contributed by atoms with E-state index in [-0.39, 0.29) is 5.56 Å². The van der Waals surface area contributed by atoms with Crippen molar-refractivity contribution in [2.45, 2.75) is 0 Å². The number of para-hydroxylation sites is 1. The summed E-state index contributed by atoms with van der Waals surface area (Å²) in [6.45, 7) is 0. The lowest BCUT2D eigenvalue weighted by Gasteiger charge is -2.13. The Morgan fingerprint density at radius 1 is 1.17 bits per heavy atom. The van der Waals surface area contributed by atoms with Gasteiger partial charge in [0.15, 0.2) is 0 Å². The van der Waals surface area contributed by atoms with Crippen LogP contribution in [0.4, 0.5) is 11.4 Å². The molecule has 0 spiro atoms. The number of hydrogen-bond acceptors (Lipinski definition) is 4. The summed E-state index contributed by atoms with van der Waals surface area (Å²) in [4.78, 5) is 11.3. The number of nitrogens with one attached hydrogen (secondary N) is 2. The van der Waals surface area contributed by atoms with Crippen molar-refractivity contribution in [1.82, 2.24) is 15.4 Å². The number of carboxylic acids is 1. The summed E-state index contributed by atoms with van der Waals surface area (Å²) in [6.07, 6.45) is 1.55. The third-order valence-corrected chi connectivity index (χ3v) is 3.77. The third-order valence-electron chi connectivity index (χ3n) is 3.17. The average molecular weight is 349 g/mol. The predicted molar refractivity (Wildman–Crippen MR) is 88.5 cm³/mol. The van der Waals surface area contributed by atoms with Gasteiger partial charge in [-0.3, -0.25) is 0 Å². The van der Waals surface area contributed by atoms with Crippen molar-refractivity contribution >= 4 is 40.5 Å². The monoisotopic (exact) mass is 348 g/mol. The molecule has 0 aliphatic heterocycles. The number of nitrogens with zero attached hydrogens (tertiary/aromatic N) is 2. The van der Waals surface area contributed by atoms with Gasteiger partial charge in [-0.05, 0) is 24.3 Å². The Balaban J connectivity index is 2.00. The molecule has 0 amide bonds. The number of aromatic nitrogens is 3. The van der Waals surface area contributed by atoms with Gasteiger partial charge in [-0.1, -0.05) is 35.3 Å². The van der Waals surface area contributed by atoms with Crippen LogP contribution in [0, 0.1) is 0 Å². The smallest absolute Gasteiger partial charge is 0.337 e. The van der Waals surface area contributed by atoms with Crippen LogP contribution in [0.3, 0.4) is 0 Å². The highest BCUT2D eigenvalue weighted by Crippen LogP contribution is 2.37. The lowest BCUT2D eigenvalue weighted by atomic mass is 10.1. The average Bonchev–Trinajstić information content (AvgIpc) is 3.05. The molecular weight excluding hydrogens is 339 g/mol. The molecule has 0 radical (unpaired) electrons. The molecular formula is C15H10Cl2N4O2. The van der Waals surface area contributed by atoms with Crippen molar-refractivity contribution in [3.8, 4) is 11.3 Å². The number of halogens is 2. The van der Waals surface area contributed by atoms with Crippen molar-refractivity contribution in [1.29, 1.82) is 0 Å². The number of anilines is 2. The summed E-state index contributed by atoms with van der Waals surface area (Å²) in [7, 11) is 0. The Morgan fingerprint density at radius 2 is 1.87 bits per heavy atom. The molecule has 0 saturated carbocycles. The quantitative estimate of drug-likeness (QED) is 0.656. The second-order valence-corrected chi connectivity index (χ2v) is 5.46. The van der Waals surface area contributed by atoms with Gasteiger partial charge >= 0.3 is 5.97 Å². The Labute approximate surface area is 141 Å². The van der Waals surface area contributed by atoms with Crippen LogP contribution in [-0.2, 0) is 0 Å². The first-order chi connectivity index (χ1) is 11.1. The highest BCUT2D eigenvalue weighted by atomic mass is 35.5. The molecule has 8 heteroatoms. The molecule has 0 unspecified atom stereocenters. The van der Waals surface area contributed by atoms with E-state index in [2.05, 4.69) is 20.7 Å². The van der Waals surface area contributed by atoms with Gasteiger partial charge in [0.2, 0.25) is 0 Å². The highest BCUT2D eigenvalue weighted by Gasteiger charge is 2.14. The molecule has 6 nitrogen and oxygen atoms in total. The van der Waals surface area contributed by atoms with E-state index in [1.54, 1.807) is 36.5 Å². The second kappa shape index (κ2) is 6.28. The van der Waals surface area contributed by atoms with Crippen LogP contribution < -0.4 is 5.32 Å². The summed E-state index contributed by atoms with van der Waals surface area (Å²) in [5, 5.41) is 23.1. The normalized spacial score (nSPS) is 10.5. The molecule has 2 aromatic carbocycles. The summed E-state index contributed by atoms with van der Waals surface area (Å²) < 4.78 is 0. The van der Waals surface area contributed by atoms with Crippen LogP contribution >= 0.6 is 23.2 Å². The number of aromatic amines is 1. The molecule has 0 aliphatic rings. The van der Waals surface area contributed by atoms with E-state index >= 15 is 0 Å². The first kappa shape index (κ1) is 15.3. The van der Waals surface area contributed by atoms with Gasteiger partial charge in [0.05, 0.1) is 33.2 Å². The van der Waals surface area contributed by atoms with Crippen molar-refractivity contribution in [3.05, 3.63) is 58.2 Å². The van der Waals surface area contributed by atoms with Gasteiger partial charge in [-0.25, -0.2) is 4.79 Å². The largest absolute Gasteiger partial charge is 0.478 e. The number of hydrogen-bond donors (Lipinski definition) is 3. The molecule has 0 bridgehead atoms. The maximum absolute atomic E-state index is 11.3. The zero-order valence-corrected chi connectivity index (χ0v) is 13.1. The summed E-state index contributed by atoms with van der Waals surface area (Å²) >= 11 is 12.6. The first-order valence-electron chi connectivity index (χ1n) is 6.51. The minimum atomic E-state index is -1.04. The van der Waals surface area contributed by atoms with E-state index in [1.165, 1.54) is 6.07 Å². The topological polar surface area (TPSA) is 90.9 Å². The van der Waals surface area contributed by atoms with Gasteiger partial charge in [0.1, 0.15) is 5.69 Å². The Morgan fingerprint density at radius 3 is 2.48 bits per heavy atom. The molecule has 1 aromatic heterocycles. The summed E-state index contributed by atoms with van der Waals surface area (Å²) in [6, 6.07) is 9.86. The minimum Gasteiger partial charge on any atom is -0.478 e. The minimum absolute atomic E-state index is 0.125. The fraction of sp³-hybridized carbons (Fsp3) is 0. The van der Waals surface area contributed by atoms with Gasteiger partial charge in [-0.2, -0.15) is 15.4 Å². The van der Waals surface area contributed by atoms with Crippen LogP contribution in [0.25, 0.3) is 11.3 Å². The summed E-state index contributed by atoms with van der Waals surface area (Å²) in [5.74, 6) is -1.04. The van der Waals surface area contributed by atoms with Gasteiger partial charge < -0.3 is 10.4 Å².